The van der Waals surface area contributed by atoms with Gasteiger partial charge in [0.15, 0.2) is 0 Å². The van der Waals surface area contributed by atoms with Crippen LogP contribution in [0.5, 0.6) is 0 Å². The summed E-state index contributed by atoms with van der Waals surface area (Å²) in [6.07, 6.45) is 13.1. The van der Waals surface area contributed by atoms with E-state index in [1.165, 1.54) is 51.4 Å². The second kappa shape index (κ2) is 18.5. The molecule has 32 heavy (non-hydrogen) atoms. The summed E-state index contributed by atoms with van der Waals surface area (Å²) in [5, 5.41) is 5.75. The summed E-state index contributed by atoms with van der Waals surface area (Å²) in [6, 6.07) is 7.26. The van der Waals surface area contributed by atoms with Crippen LogP contribution in [0, 0.1) is 0 Å². The molecule has 2 amide bonds. The predicted molar refractivity (Wildman–Crippen MR) is 132 cm³/mol. The Morgan fingerprint density at radius 1 is 0.812 bits per heavy atom. The van der Waals surface area contributed by atoms with Crippen molar-refractivity contribution in [2.75, 3.05) is 33.7 Å². The minimum absolute atomic E-state index is 0.0884. The topological polar surface area (TPSA) is 70.7 Å². The van der Waals surface area contributed by atoms with Crippen LogP contribution < -0.4 is 10.6 Å². The first-order valence-corrected chi connectivity index (χ1v) is 12.5. The molecule has 0 atom stereocenters. The Balaban J connectivity index is 2.16. The Kier molecular flexibility index (Phi) is 16.1. The lowest BCUT2D eigenvalue weighted by molar-refractivity contribution is 0.0946. The van der Waals surface area contributed by atoms with E-state index in [-0.39, 0.29) is 12.5 Å². The number of rotatable bonds is 18. The molecule has 6 heteroatoms. The van der Waals surface area contributed by atoms with Crippen LogP contribution in [0.3, 0.4) is 0 Å². The summed E-state index contributed by atoms with van der Waals surface area (Å²) in [4.78, 5) is 26.5. The summed E-state index contributed by atoms with van der Waals surface area (Å²) in [5.74, 6) is -0.131. The number of nitrogens with one attached hydrogen (secondary N) is 2. The van der Waals surface area contributed by atoms with Gasteiger partial charge >= 0.3 is 6.09 Å². The molecular weight excluding hydrogens is 402 g/mol. The van der Waals surface area contributed by atoms with Crippen LogP contribution in [0.4, 0.5) is 4.79 Å². The molecule has 0 bridgehead atoms. The SMILES string of the molecule is CCCCCCCCCCCCNC(=O)OCc1ccccc1C(=O)NCCCN(C)C. The van der Waals surface area contributed by atoms with E-state index in [1.54, 1.807) is 6.07 Å². The molecule has 2 N–H and O–H groups in total. The zero-order valence-electron chi connectivity index (χ0n) is 20.6. The molecule has 0 aliphatic heterocycles. The molecule has 0 radical (unpaired) electrons. The van der Waals surface area contributed by atoms with Crippen molar-refractivity contribution in [3.8, 4) is 0 Å². The molecular formula is C26H45N3O3. The molecule has 0 unspecified atom stereocenters. The van der Waals surface area contributed by atoms with Gasteiger partial charge in [-0.05, 0) is 39.5 Å². The van der Waals surface area contributed by atoms with Crippen LogP contribution in [0.25, 0.3) is 0 Å². The van der Waals surface area contributed by atoms with Crippen molar-refractivity contribution in [2.45, 2.75) is 84.2 Å². The molecule has 0 saturated heterocycles. The molecule has 0 fully saturated rings. The lowest BCUT2D eigenvalue weighted by Gasteiger charge is -2.12. The zero-order valence-corrected chi connectivity index (χ0v) is 20.6. The monoisotopic (exact) mass is 447 g/mol. The molecule has 0 heterocycles. The number of unbranched alkanes of at least 4 members (excludes halogenated alkanes) is 9. The molecule has 182 valence electrons. The number of hydrogen-bond donors (Lipinski definition) is 2. The molecule has 6 nitrogen and oxygen atoms in total. The Labute approximate surface area is 195 Å². The largest absolute Gasteiger partial charge is 0.445 e. The van der Waals surface area contributed by atoms with Gasteiger partial charge in [0.05, 0.1) is 0 Å². The van der Waals surface area contributed by atoms with Crippen LogP contribution in [0.15, 0.2) is 24.3 Å². The van der Waals surface area contributed by atoms with Gasteiger partial charge in [0, 0.05) is 24.2 Å². The van der Waals surface area contributed by atoms with Gasteiger partial charge in [-0.3, -0.25) is 4.79 Å². The number of carbonyl (C=O) groups is 2. The van der Waals surface area contributed by atoms with E-state index in [0.29, 0.717) is 24.2 Å². The molecule has 0 aliphatic carbocycles. The van der Waals surface area contributed by atoms with E-state index < -0.39 is 6.09 Å². The van der Waals surface area contributed by atoms with Crippen molar-refractivity contribution in [3.05, 3.63) is 35.4 Å². The van der Waals surface area contributed by atoms with Crippen LogP contribution in [0.1, 0.15) is 93.5 Å². The summed E-state index contributed by atoms with van der Waals surface area (Å²) in [5.41, 5.74) is 1.27. The highest BCUT2D eigenvalue weighted by Crippen LogP contribution is 2.11. The quantitative estimate of drug-likeness (QED) is 0.291. The van der Waals surface area contributed by atoms with Gasteiger partial charge in [0.2, 0.25) is 0 Å². The van der Waals surface area contributed by atoms with Crippen molar-refractivity contribution in [1.29, 1.82) is 0 Å². The van der Waals surface area contributed by atoms with E-state index in [1.807, 2.05) is 32.3 Å². The predicted octanol–water partition coefficient (Wildman–Crippen LogP) is 5.52. The Morgan fingerprint density at radius 2 is 1.41 bits per heavy atom. The zero-order chi connectivity index (χ0) is 23.4. The Bertz CT molecular complexity index is 634. The first kappa shape index (κ1) is 28.0. The Hall–Kier alpha value is -2.08. The molecule has 1 rings (SSSR count). The lowest BCUT2D eigenvalue weighted by Crippen LogP contribution is -2.28. The molecule has 1 aromatic carbocycles. The van der Waals surface area contributed by atoms with Crippen LogP contribution in [0.2, 0.25) is 0 Å². The minimum atomic E-state index is -0.429. The average Bonchev–Trinajstić information content (AvgIpc) is 2.78. The van der Waals surface area contributed by atoms with Gasteiger partial charge in [-0.15, -0.1) is 0 Å². The second-order valence-electron chi connectivity index (χ2n) is 8.75. The maximum Gasteiger partial charge on any atom is 0.407 e. The lowest BCUT2D eigenvalue weighted by atomic mass is 10.1. The standard InChI is InChI=1S/C26H45N3O3/c1-4-5-6-7-8-9-10-11-12-15-19-28-26(31)32-22-23-17-13-14-18-24(23)25(30)27-20-16-21-29(2)3/h13-14,17-18H,4-12,15-16,19-22H2,1-3H3,(H,27,30)(H,28,31). The second-order valence-corrected chi connectivity index (χ2v) is 8.75. The van der Waals surface area contributed by atoms with Crippen molar-refractivity contribution >= 4 is 12.0 Å². The number of carbonyl (C=O) groups excluding carboxylic acids is 2. The summed E-state index contributed by atoms with van der Waals surface area (Å²) >= 11 is 0. The van der Waals surface area contributed by atoms with Crippen molar-refractivity contribution in [3.63, 3.8) is 0 Å². The molecule has 0 spiro atoms. The fourth-order valence-electron chi connectivity index (χ4n) is 3.56. The van der Waals surface area contributed by atoms with Gasteiger partial charge in [0.1, 0.15) is 6.61 Å². The fraction of sp³-hybridized carbons (Fsp3) is 0.692. The average molecular weight is 448 g/mol. The normalized spacial score (nSPS) is 10.9. The fourth-order valence-corrected chi connectivity index (χ4v) is 3.56. The number of benzene rings is 1. The highest BCUT2D eigenvalue weighted by Gasteiger charge is 2.12. The van der Waals surface area contributed by atoms with E-state index in [2.05, 4.69) is 22.5 Å². The molecule has 1 aromatic rings. The summed E-state index contributed by atoms with van der Waals surface area (Å²) in [6.45, 7) is 4.50. The van der Waals surface area contributed by atoms with Gasteiger partial charge in [-0.25, -0.2) is 4.79 Å². The third-order valence-electron chi connectivity index (χ3n) is 5.49. The first-order valence-electron chi connectivity index (χ1n) is 12.5. The Morgan fingerprint density at radius 3 is 2.06 bits per heavy atom. The van der Waals surface area contributed by atoms with Crippen molar-refractivity contribution in [1.82, 2.24) is 15.5 Å². The van der Waals surface area contributed by atoms with Gasteiger partial charge in [-0.2, -0.15) is 0 Å². The summed E-state index contributed by atoms with van der Waals surface area (Å²) < 4.78 is 5.33. The highest BCUT2D eigenvalue weighted by molar-refractivity contribution is 5.95. The maximum absolute atomic E-state index is 12.5. The number of hydrogen-bond acceptors (Lipinski definition) is 4. The van der Waals surface area contributed by atoms with Crippen LogP contribution >= 0.6 is 0 Å². The van der Waals surface area contributed by atoms with Gasteiger partial charge in [0.25, 0.3) is 5.91 Å². The van der Waals surface area contributed by atoms with Gasteiger partial charge < -0.3 is 20.3 Å². The highest BCUT2D eigenvalue weighted by atomic mass is 16.5. The molecule has 0 aliphatic rings. The van der Waals surface area contributed by atoms with E-state index in [0.717, 1.165) is 25.8 Å². The maximum atomic E-state index is 12.5. The number of nitrogens with zero attached hydrogens (tertiary/aromatic N) is 1. The minimum Gasteiger partial charge on any atom is -0.445 e. The van der Waals surface area contributed by atoms with Crippen molar-refractivity contribution < 1.29 is 14.3 Å². The summed E-state index contributed by atoms with van der Waals surface area (Å²) in [7, 11) is 4.02. The smallest absolute Gasteiger partial charge is 0.407 e. The van der Waals surface area contributed by atoms with Crippen LogP contribution in [-0.4, -0.2) is 50.6 Å². The molecule has 0 saturated carbocycles. The third-order valence-corrected chi connectivity index (χ3v) is 5.49. The number of alkyl carbamates (subject to hydrolysis) is 1. The third kappa shape index (κ3) is 14.1. The first-order chi connectivity index (χ1) is 15.5. The number of ether oxygens (including phenoxy) is 1. The number of amides is 2. The van der Waals surface area contributed by atoms with E-state index in [9.17, 15) is 9.59 Å². The van der Waals surface area contributed by atoms with E-state index >= 15 is 0 Å². The van der Waals surface area contributed by atoms with E-state index in [4.69, 9.17) is 4.74 Å². The van der Waals surface area contributed by atoms with Crippen LogP contribution in [-0.2, 0) is 11.3 Å². The molecule has 0 aromatic heterocycles. The van der Waals surface area contributed by atoms with Crippen molar-refractivity contribution in [2.24, 2.45) is 0 Å². The van der Waals surface area contributed by atoms with Gasteiger partial charge in [-0.1, -0.05) is 82.9 Å².